The van der Waals surface area contributed by atoms with E-state index in [0.717, 1.165) is 35.4 Å². The Morgan fingerprint density at radius 1 is 1.04 bits per heavy atom. The minimum atomic E-state index is -0.471. The quantitative estimate of drug-likeness (QED) is 0.701. The number of hydrogen-bond acceptors (Lipinski definition) is 4. The molecule has 140 valence electrons. The van der Waals surface area contributed by atoms with Gasteiger partial charge in [0.2, 0.25) is 0 Å². The summed E-state index contributed by atoms with van der Waals surface area (Å²) in [4.78, 5) is 17.1. The zero-order chi connectivity index (χ0) is 19.0. The summed E-state index contributed by atoms with van der Waals surface area (Å²) in [7, 11) is 3.28. The number of nitrogens with zero attached hydrogens (tertiary/aromatic N) is 1. The van der Waals surface area contributed by atoms with Crippen LogP contribution in [0.3, 0.4) is 0 Å². The third-order valence-corrected chi connectivity index (χ3v) is 5.83. The summed E-state index contributed by atoms with van der Waals surface area (Å²) in [6.45, 7) is 0. The number of ether oxygens (including phenoxy) is 2. The SMILES string of the molecule is COc1cc2c(cc1OC)[C@H]1CCCC[C@H]1N=C2c1ccccc1C(=O)Cl. The molecule has 0 N–H and O–H groups in total. The van der Waals surface area contributed by atoms with Crippen LogP contribution in [0.1, 0.15) is 58.6 Å². The van der Waals surface area contributed by atoms with E-state index >= 15 is 0 Å². The van der Waals surface area contributed by atoms with E-state index in [9.17, 15) is 4.79 Å². The van der Waals surface area contributed by atoms with Gasteiger partial charge in [0.1, 0.15) is 0 Å². The fourth-order valence-electron chi connectivity index (χ4n) is 4.35. The van der Waals surface area contributed by atoms with Gasteiger partial charge in [0.15, 0.2) is 11.5 Å². The molecule has 0 amide bonds. The van der Waals surface area contributed by atoms with Crippen molar-refractivity contribution in [3.8, 4) is 11.5 Å². The van der Waals surface area contributed by atoms with Crippen molar-refractivity contribution in [3.05, 3.63) is 58.7 Å². The highest BCUT2D eigenvalue weighted by Gasteiger charge is 2.35. The molecule has 4 rings (SSSR count). The second-order valence-corrected chi connectivity index (χ2v) is 7.39. The van der Waals surface area contributed by atoms with E-state index in [2.05, 4.69) is 6.07 Å². The van der Waals surface area contributed by atoms with Crippen molar-refractivity contribution in [2.45, 2.75) is 37.6 Å². The average molecular weight is 384 g/mol. The van der Waals surface area contributed by atoms with Crippen LogP contribution >= 0.6 is 11.6 Å². The second-order valence-electron chi connectivity index (χ2n) is 7.05. The fourth-order valence-corrected chi connectivity index (χ4v) is 4.51. The van der Waals surface area contributed by atoms with Gasteiger partial charge in [-0.15, -0.1) is 0 Å². The molecule has 0 unspecified atom stereocenters. The highest BCUT2D eigenvalue weighted by atomic mass is 35.5. The van der Waals surface area contributed by atoms with Gasteiger partial charge >= 0.3 is 0 Å². The van der Waals surface area contributed by atoms with E-state index in [1.165, 1.54) is 18.4 Å². The van der Waals surface area contributed by atoms with Crippen LogP contribution in [-0.2, 0) is 0 Å². The third-order valence-electron chi connectivity index (χ3n) is 5.63. The van der Waals surface area contributed by atoms with Crippen LogP contribution < -0.4 is 9.47 Å². The van der Waals surface area contributed by atoms with Crippen LogP contribution in [0.4, 0.5) is 0 Å². The van der Waals surface area contributed by atoms with Crippen LogP contribution in [0.2, 0.25) is 0 Å². The highest BCUT2D eigenvalue weighted by molar-refractivity contribution is 6.68. The molecule has 1 aliphatic heterocycles. The molecule has 0 bridgehead atoms. The van der Waals surface area contributed by atoms with Gasteiger partial charge in [-0.05, 0) is 48.2 Å². The molecule has 4 nitrogen and oxygen atoms in total. The van der Waals surface area contributed by atoms with E-state index in [-0.39, 0.29) is 6.04 Å². The number of rotatable bonds is 4. The molecule has 1 aliphatic carbocycles. The van der Waals surface area contributed by atoms with Gasteiger partial charge in [0.05, 0.1) is 26.0 Å². The lowest BCUT2D eigenvalue weighted by Gasteiger charge is -2.36. The first-order valence-electron chi connectivity index (χ1n) is 9.27. The van der Waals surface area contributed by atoms with Crippen molar-refractivity contribution >= 4 is 22.6 Å². The fraction of sp³-hybridized carbons (Fsp3) is 0.364. The minimum Gasteiger partial charge on any atom is -0.493 e. The minimum absolute atomic E-state index is 0.220. The number of methoxy groups -OCH3 is 2. The van der Waals surface area contributed by atoms with Crippen LogP contribution in [0.25, 0.3) is 0 Å². The van der Waals surface area contributed by atoms with Crippen molar-refractivity contribution < 1.29 is 14.3 Å². The van der Waals surface area contributed by atoms with Crippen LogP contribution in [-0.4, -0.2) is 31.2 Å². The van der Waals surface area contributed by atoms with Gasteiger partial charge in [-0.25, -0.2) is 0 Å². The number of halogens is 1. The predicted molar refractivity (Wildman–Crippen MR) is 107 cm³/mol. The monoisotopic (exact) mass is 383 g/mol. The zero-order valence-electron chi connectivity index (χ0n) is 15.5. The number of fused-ring (bicyclic) bond motifs is 3. The average Bonchev–Trinajstić information content (AvgIpc) is 2.72. The van der Waals surface area contributed by atoms with E-state index in [4.69, 9.17) is 26.1 Å². The number of aliphatic imine (C=N–C) groups is 1. The molecular weight excluding hydrogens is 362 g/mol. The maximum Gasteiger partial charge on any atom is 0.253 e. The van der Waals surface area contributed by atoms with Crippen LogP contribution in [0, 0.1) is 0 Å². The molecule has 5 heteroatoms. The Balaban J connectivity index is 1.96. The molecule has 0 saturated heterocycles. The third kappa shape index (κ3) is 3.12. The summed E-state index contributed by atoms with van der Waals surface area (Å²) < 4.78 is 11.1. The molecule has 2 aliphatic rings. The smallest absolute Gasteiger partial charge is 0.253 e. The topological polar surface area (TPSA) is 47.9 Å². The molecule has 2 atom stereocenters. The Morgan fingerprint density at radius 2 is 1.74 bits per heavy atom. The standard InChI is InChI=1S/C22H22ClNO3/c1-26-19-11-16-13-7-5-6-10-18(13)24-21(17(16)12-20(19)27-2)14-8-3-4-9-15(14)22(23)25/h3-4,8-9,11-13,18H,5-7,10H2,1-2H3/t13-,18-/m1/s1. The Hall–Kier alpha value is -2.33. The van der Waals surface area contributed by atoms with E-state index in [1.807, 2.05) is 24.3 Å². The number of hydrogen-bond donors (Lipinski definition) is 0. The first-order chi connectivity index (χ1) is 13.1. The Labute approximate surface area is 164 Å². The van der Waals surface area contributed by atoms with Gasteiger partial charge in [0.25, 0.3) is 5.24 Å². The van der Waals surface area contributed by atoms with Gasteiger partial charge in [-0.3, -0.25) is 9.79 Å². The molecule has 0 spiro atoms. The van der Waals surface area contributed by atoms with Gasteiger partial charge < -0.3 is 9.47 Å². The van der Waals surface area contributed by atoms with Crippen molar-refractivity contribution in [3.63, 3.8) is 0 Å². The summed E-state index contributed by atoms with van der Waals surface area (Å²) in [6, 6.07) is 11.7. The highest BCUT2D eigenvalue weighted by Crippen LogP contribution is 2.45. The summed E-state index contributed by atoms with van der Waals surface area (Å²) in [5.74, 6) is 1.76. The van der Waals surface area contributed by atoms with Gasteiger partial charge in [-0.1, -0.05) is 31.0 Å². The molecule has 0 radical (unpaired) electrons. The van der Waals surface area contributed by atoms with Gasteiger partial charge in [0, 0.05) is 22.6 Å². The largest absolute Gasteiger partial charge is 0.493 e. The predicted octanol–water partition coefficient (Wildman–Crippen LogP) is 4.96. The first kappa shape index (κ1) is 18.1. The summed E-state index contributed by atoms with van der Waals surface area (Å²) >= 11 is 5.86. The molecular formula is C22H22ClNO3. The van der Waals surface area contributed by atoms with Crippen molar-refractivity contribution in [2.75, 3.05) is 14.2 Å². The maximum atomic E-state index is 12.0. The van der Waals surface area contributed by atoms with E-state index in [1.54, 1.807) is 20.3 Å². The van der Waals surface area contributed by atoms with E-state index < -0.39 is 5.24 Å². The van der Waals surface area contributed by atoms with Crippen LogP contribution in [0.15, 0.2) is 41.4 Å². The van der Waals surface area contributed by atoms with Crippen molar-refractivity contribution in [1.29, 1.82) is 0 Å². The molecule has 27 heavy (non-hydrogen) atoms. The maximum absolute atomic E-state index is 12.0. The number of carbonyl (C=O) groups is 1. The normalized spacial score (nSPS) is 20.9. The zero-order valence-corrected chi connectivity index (χ0v) is 16.3. The molecule has 2 aromatic carbocycles. The Morgan fingerprint density at radius 3 is 2.48 bits per heavy atom. The first-order valence-corrected chi connectivity index (χ1v) is 9.65. The lowest BCUT2D eigenvalue weighted by atomic mass is 9.74. The Bertz CT molecular complexity index is 922. The van der Waals surface area contributed by atoms with Crippen molar-refractivity contribution in [2.24, 2.45) is 4.99 Å². The second kappa shape index (κ2) is 7.35. The lowest BCUT2D eigenvalue weighted by Crippen LogP contribution is -2.30. The van der Waals surface area contributed by atoms with Gasteiger partial charge in [-0.2, -0.15) is 0 Å². The molecule has 1 heterocycles. The number of carbonyl (C=O) groups excluding carboxylic acids is 1. The summed E-state index contributed by atoms with van der Waals surface area (Å²) in [5.41, 5.74) is 4.29. The molecule has 2 aromatic rings. The Kier molecular flexibility index (Phi) is 4.92. The molecule has 1 fully saturated rings. The lowest BCUT2D eigenvalue weighted by molar-refractivity contribution is 0.108. The molecule has 0 aromatic heterocycles. The number of benzene rings is 2. The summed E-state index contributed by atoms with van der Waals surface area (Å²) in [6.07, 6.45) is 4.55. The molecule has 1 saturated carbocycles. The summed E-state index contributed by atoms with van der Waals surface area (Å²) in [5, 5.41) is -0.471. The van der Waals surface area contributed by atoms with Crippen molar-refractivity contribution in [1.82, 2.24) is 0 Å². The van der Waals surface area contributed by atoms with E-state index in [0.29, 0.717) is 17.2 Å². The van der Waals surface area contributed by atoms with Crippen LogP contribution in [0.5, 0.6) is 11.5 Å².